The Morgan fingerprint density at radius 2 is 2.31 bits per heavy atom. The van der Waals surface area contributed by atoms with Gasteiger partial charge in [-0.2, -0.15) is 0 Å². The summed E-state index contributed by atoms with van der Waals surface area (Å²) in [6.45, 7) is 8.94. The molecule has 1 fully saturated rings. The number of hydrogen-bond acceptors (Lipinski definition) is 3. The third kappa shape index (κ3) is 2.66. The van der Waals surface area contributed by atoms with Gasteiger partial charge in [0.05, 0.1) is 6.61 Å². The maximum absolute atomic E-state index is 5.82. The summed E-state index contributed by atoms with van der Waals surface area (Å²) in [4.78, 5) is 0. The first kappa shape index (κ1) is 11.0. The minimum atomic E-state index is 0.0463. The molecule has 78 valence electrons. The van der Waals surface area contributed by atoms with Gasteiger partial charge in [-0.25, -0.2) is 0 Å². The molecule has 2 unspecified atom stereocenters. The fraction of sp³-hybridized carbons (Fsp3) is 1.00. The molecule has 0 amide bonds. The highest BCUT2D eigenvalue weighted by molar-refractivity contribution is 4.94. The van der Waals surface area contributed by atoms with E-state index < -0.39 is 0 Å². The van der Waals surface area contributed by atoms with Crippen LogP contribution < -0.4 is 11.1 Å². The zero-order valence-corrected chi connectivity index (χ0v) is 8.97. The zero-order valence-electron chi connectivity index (χ0n) is 8.97. The summed E-state index contributed by atoms with van der Waals surface area (Å²) >= 11 is 0. The van der Waals surface area contributed by atoms with Gasteiger partial charge in [-0.3, -0.25) is 0 Å². The minimum absolute atomic E-state index is 0.0463. The number of nitrogens with two attached hydrogens (primary N) is 1. The number of ether oxygens (including phenoxy) is 1. The fourth-order valence-corrected chi connectivity index (χ4v) is 2.04. The predicted molar refractivity (Wildman–Crippen MR) is 54.7 cm³/mol. The Labute approximate surface area is 81.0 Å². The van der Waals surface area contributed by atoms with E-state index in [0.29, 0.717) is 18.5 Å². The molecular formula is C10H22N2O. The van der Waals surface area contributed by atoms with Crippen molar-refractivity contribution in [1.82, 2.24) is 5.32 Å². The topological polar surface area (TPSA) is 47.3 Å². The van der Waals surface area contributed by atoms with Gasteiger partial charge in [0.25, 0.3) is 0 Å². The molecule has 2 atom stereocenters. The Kier molecular flexibility index (Phi) is 3.71. The Bertz CT molecular complexity index is 155. The maximum Gasteiger partial charge on any atom is 0.0513 e. The second kappa shape index (κ2) is 4.40. The fourth-order valence-electron chi connectivity index (χ4n) is 2.04. The van der Waals surface area contributed by atoms with Crippen LogP contribution in [0.15, 0.2) is 0 Å². The van der Waals surface area contributed by atoms with Gasteiger partial charge in [-0.1, -0.05) is 13.8 Å². The molecule has 0 saturated carbocycles. The highest BCUT2D eigenvalue weighted by atomic mass is 16.5. The first-order chi connectivity index (χ1) is 6.08. The number of nitrogens with one attached hydrogen (secondary N) is 1. The first-order valence-electron chi connectivity index (χ1n) is 5.14. The van der Waals surface area contributed by atoms with Gasteiger partial charge in [0, 0.05) is 30.7 Å². The van der Waals surface area contributed by atoms with Crippen molar-refractivity contribution in [3.63, 3.8) is 0 Å². The van der Waals surface area contributed by atoms with E-state index in [1.165, 1.54) is 0 Å². The van der Waals surface area contributed by atoms with Crippen LogP contribution >= 0.6 is 0 Å². The summed E-state index contributed by atoms with van der Waals surface area (Å²) in [5.41, 5.74) is 5.86. The average molecular weight is 186 g/mol. The second-order valence-electron chi connectivity index (χ2n) is 4.48. The summed E-state index contributed by atoms with van der Waals surface area (Å²) in [6.07, 6.45) is 1.13. The van der Waals surface area contributed by atoms with Crippen LogP contribution in [0.25, 0.3) is 0 Å². The molecule has 1 aliphatic rings. The largest absolute Gasteiger partial charge is 0.381 e. The normalized spacial score (nSPS) is 27.9. The summed E-state index contributed by atoms with van der Waals surface area (Å²) in [6, 6.07) is 0.481. The van der Waals surface area contributed by atoms with Gasteiger partial charge in [0.1, 0.15) is 0 Å². The third-order valence-electron chi connectivity index (χ3n) is 2.87. The van der Waals surface area contributed by atoms with E-state index in [1.807, 2.05) is 0 Å². The minimum Gasteiger partial charge on any atom is -0.381 e. The Morgan fingerprint density at radius 1 is 1.62 bits per heavy atom. The molecule has 1 heterocycles. The Hall–Kier alpha value is -0.120. The number of rotatable bonds is 4. The van der Waals surface area contributed by atoms with E-state index in [0.717, 1.165) is 19.6 Å². The van der Waals surface area contributed by atoms with Gasteiger partial charge in [-0.15, -0.1) is 0 Å². The monoisotopic (exact) mass is 186 g/mol. The van der Waals surface area contributed by atoms with Crippen LogP contribution in [0.4, 0.5) is 0 Å². The molecule has 3 heteroatoms. The maximum atomic E-state index is 5.82. The predicted octanol–water partition coefficient (Wildman–Crippen LogP) is 0.738. The standard InChI is InChI=1S/C10H22N2O/c1-8(2)12-10(3,7-11)9-4-5-13-6-9/h8-9,12H,4-7,11H2,1-3H3. The van der Waals surface area contributed by atoms with Crippen LogP contribution in [0.1, 0.15) is 27.2 Å². The molecule has 1 rings (SSSR count). The molecular weight excluding hydrogens is 164 g/mol. The first-order valence-corrected chi connectivity index (χ1v) is 5.14. The van der Waals surface area contributed by atoms with Crippen LogP contribution in [0.3, 0.4) is 0 Å². The molecule has 0 bridgehead atoms. The molecule has 1 saturated heterocycles. The molecule has 0 aromatic heterocycles. The summed E-state index contributed by atoms with van der Waals surface area (Å²) in [5, 5.41) is 3.54. The van der Waals surface area contributed by atoms with Gasteiger partial charge in [0.15, 0.2) is 0 Å². The van der Waals surface area contributed by atoms with Crippen molar-refractivity contribution in [2.24, 2.45) is 11.7 Å². The number of hydrogen-bond donors (Lipinski definition) is 2. The van der Waals surface area contributed by atoms with Gasteiger partial charge < -0.3 is 15.8 Å². The molecule has 13 heavy (non-hydrogen) atoms. The lowest BCUT2D eigenvalue weighted by molar-refractivity contribution is 0.150. The Balaban J connectivity index is 2.55. The van der Waals surface area contributed by atoms with Crippen molar-refractivity contribution in [3.05, 3.63) is 0 Å². The van der Waals surface area contributed by atoms with Crippen molar-refractivity contribution in [1.29, 1.82) is 0 Å². The van der Waals surface area contributed by atoms with E-state index in [9.17, 15) is 0 Å². The molecule has 3 nitrogen and oxygen atoms in total. The zero-order chi connectivity index (χ0) is 9.90. The van der Waals surface area contributed by atoms with E-state index in [4.69, 9.17) is 10.5 Å². The molecule has 0 aliphatic carbocycles. The highest BCUT2D eigenvalue weighted by Crippen LogP contribution is 2.25. The van der Waals surface area contributed by atoms with Crippen LogP contribution in [-0.4, -0.2) is 31.3 Å². The van der Waals surface area contributed by atoms with Crippen molar-refractivity contribution in [2.45, 2.75) is 38.8 Å². The quantitative estimate of drug-likeness (QED) is 0.680. The van der Waals surface area contributed by atoms with E-state index in [-0.39, 0.29) is 5.54 Å². The van der Waals surface area contributed by atoms with E-state index in [2.05, 4.69) is 26.1 Å². The van der Waals surface area contributed by atoms with Crippen LogP contribution in [-0.2, 0) is 4.74 Å². The van der Waals surface area contributed by atoms with Crippen molar-refractivity contribution in [2.75, 3.05) is 19.8 Å². The lowest BCUT2D eigenvalue weighted by atomic mass is 9.84. The van der Waals surface area contributed by atoms with Crippen LogP contribution in [0.2, 0.25) is 0 Å². The smallest absolute Gasteiger partial charge is 0.0513 e. The summed E-state index contributed by atoms with van der Waals surface area (Å²) in [5.74, 6) is 0.569. The van der Waals surface area contributed by atoms with E-state index in [1.54, 1.807) is 0 Å². The molecule has 0 aromatic rings. The Morgan fingerprint density at radius 3 is 2.69 bits per heavy atom. The molecule has 0 radical (unpaired) electrons. The van der Waals surface area contributed by atoms with Gasteiger partial charge in [0.2, 0.25) is 0 Å². The van der Waals surface area contributed by atoms with E-state index >= 15 is 0 Å². The SMILES string of the molecule is CC(C)NC(C)(CN)C1CCOC1. The van der Waals surface area contributed by atoms with Crippen molar-refractivity contribution in [3.8, 4) is 0 Å². The third-order valence-corrected chi connectivity index (χ3v) is 2.87. The van der Waals surface area contributed by atoms with Gasteiger partial charge in [-0.05, 0) is 13.3 Å². The van der Waals surface area contributed by atoms with Crippen LogP contribution in [0.5, 0.6) is 0 Å². The summed E-state index contributed by atoms with van der Waals surface area (Å²) < 4.78 is 5.39. The molecule has 1 aliphatic heterocycles. The highest BCUT2D eigenvalue weighted by Gasteiger charge is 2.35. The van der Waals surface area contributed by atoms with Gasteiger partial charge >= 0.3 is 0 Å². The second-order valence-corrected chi connectivity index (χ2v) is 4.48. The van der Waals surface area contributed by atoms with Crippen molar-refractivity contribution >= 4 is 0 Å². The van der Waals surface area contributed by atoms with Crippen LogP contribution in [0, 0.1) is 5.92 Å². The molecule has 0 spiro atoms. The lowest BCUT2D eigenvalue weighted by Gasteiger charge is -2.36. The summed E-state index contributed by atoms with van der Waals surface area (Å²) in [7, 11) is 0. The lowest BCUT2D eigenvalue weighted by Crippen LogP contribution is -2.56. The van der Waals surface area contributed by atoms with Crippen molar-refractivity contribution < 1.29 is 4.74 Å². The molecule has 0 aromatic carbocycles. The average Bonchev–Trinajstić information content (AvgIpc) is 2.55. The molecule has 3 N–H and O–H groups in total.